The van der Waals surface area contributed by atoms with Gasteiger partial charge in [0.25, 0.3) is 0 Å². The predicted molar refractivity (Wildman–Crippen MR) is 183 cm³/mol. The van der Waals surface area contributed by atoms with Gasteiger partial charge in [-0.25, -0.2) is 12.8 Å². The molecule has 0 radical (unpaired) electrons. The van der Waals surface area contributed by atoms with E-state index in [0.29, 0.717) is 12.8 Å². The van der Waals surface area contributed by atoms with Gasteiger partial charge in [-0.2, -0.15) is 0 Å². The van der Waals surface area contributed by atoms with Crippen molar-refractivity contribution < 1.29 is 47.1 Å². The van der Waals surface area contributed by atoms with E-state index in [9.17, 15) is 12.8 Å². The number of aromatic nitrogens is 1. The zero-order chi connectivity index (χ0) is 32.0. The van der Waals surface area contributed by atoms with Gasteiger partial charge in [0, 0.05) is 16.7 Å². The van der Waals surface area contributed by atoms with E-state index in [4.69, 9.17) is 16.5 Å². The number of halogens is 2. The third-order valence-corrected chi connectivity index (χ3v) is 9.11. The van der Waals surface area contributed by atoms with Crippen molar-refractivity contribution in [3.63, 3.8) is 0 Å². The van der Waals surface area contributed by atoms with Gasteiger partial charge in [0.05, 0.1) is 12.3 Å². The molecule has 244 valence electrons. The number of nitrogens with zero attached hydrogens (tertiary/aromatic N) is 2. The first-order valence-electron chi connectivity index (χ1n) is 16.3. The van der Waals surface area contributed by atoms with Gasteiger partial charge in [-0.1, -0.05) is 102 Å². The third-order valence-electron chi connectivity index (χ3n) is 7.52. The quantitative estimate of drug-likeness (QED) is 0.0897. The summed E-state index contributed by atoms with van der Waals surface area (Å²) >= 11 is 4.90. The van der Waals surface area contributed by atoms with Crippen molar-refractivity contribution in [3.8, 4) is 17.0 Å². The topological polar surface area (TPSA) is 70.4 Å². The largest absolute Gasteiger partial charge is 1.00 e. The third kappa shape index (κ3) is 17.9. The van der Waals surface area contributed by atoms with E-state index in [-0.39, 0.29) is 34.5 Å². The second-order valence-electron chi connectivity index (χ2n) is 11.4. The Labute approximate surface area is 299 Å². The standard InChI is InChI=1S/C29H44FNO.C7H7ClNO2S.Na/c1-3-5-7-9-10-11-13-23-32-28-20-17-26(18-21-28)29-22-16-25(24-31-29)15-19-27(30)14-12-8-6-4-2;1-6-2-4-7(5-3-6)12(10,11)9-8;/h16-18,20-22,24,27H,3-15,19,23H2,1-2H3;2-5H,1H3;/q;-1;+1. The van der Waals surface area contributed by atoms with Crippen molar-refractivity contribution in [1.29, 1.82) is 0 Å². The molecule has 0 saturated carbocycles. The molecule has 0 fully saturated rings. The fraction of sp³-hybridized carbons (Fsp3) is 0.528. The molecule has 0 spiro atoms. The zero-order valence-corrected chi connectivity index (χ0v) is 31.4. The Kier molecular flexibility index (Phi) is 22.8. The Hall–Kier alpha value is -1.48. The molecule has 0 aliphatic carbocycles. The molecule has 3 rings (SSSR count). The van der Waals surface area contributed by atoms with E-state index in [2.05, 4.69) is 41.3 Å². The maximum absolute atomic E-state index is 14.1. The normalized spacial score (nSPS) is 11.7. The molecule has 1 heterocycles. The zero-order valence-electron chi connectivity index (χ0n) is 27.8. The van der Waals surface area contributed by atoms with Crippen molar-refractivity contribution in [2.24, 2.45) is 0 Å². The van der Waals surface area contributed by atoms with Gasteiger partial charge >= 0.3 is 29.6 Å². The molecule has 1 unspecified atom stereocenters. The van der Waals surface area contributed by atoms with Crippen LogP contribution < -0.4 is 34.3 Å². The number of benzene rings is 2. The molecule has 45 heavy (non-hydrogen) atoms. The van der Waals surface area contributed by atoms with Crippen LogP contribution in [0.5, 0.6) is 5.75 Å². The maximum atomic E-state index is 14.1. The van der Waals surface area contributed by atoms with Gasteiger partial charge in [0.1, 0.15) is 21.9 Å². The van der Waals surface area contributed by atoms with E-state index in [1.54, 1.807) is 12.1 Å². The van der Waals surface area contributed by atoms with Gasteiger partial charge in [-0.05, 0) is 80.6 Å². The Bertz CT molecular complexity index is 1260. The minimum atomic E-state index is -3.62. The number of ether oxygens (including phenoxy) is 1. The van der Waals surface area contributed by atoms with Gasteiger partial charge in [0.2, 0.25) is 0 Å². The minimum absolute atomic E-state index is 0. The van der Waals surface area contributed by atoms with Crippen LogP contribution in [0.1, 0.15) is 108 Å². The number of hydrogen-bond donors (Lipinski definition) is 0. The summed E-state index contributed by atoms with van der Waals surface area (Å²) in [5.41, 5.74) is 4.13. The number of aryl methyl sites for hydroxylation is 2. The minimum Gasteiger partial charge on any atom is -0.494 e. The van der Waals surface area contributed by atoms with Gasteiger partial charge in [-0.3, -0.25) is 16.8 Å². The average Bonchev–Trinajstić information content (AvgIpc) is 3.04. The molecule has 9 heteroatoms. The van der Waals surface area contributed by atoms with Crippen LogP contribution in [0, 0.1) is 6.92 Å². The number of sulfonamides is 1. The second kappa shape index (κ2) is 24.7. The van der Waals surface area contributed by atoms with Gasteiger partial charge in [-0.15, -0.1) is 0 Å². The SMILES string of the molecule is CCCCCCCCCOc1ccc(-c2ccc(CCC(F)CCCCCC)cn2)cc1.Cc1ccc(S(=O)(=O)[N-]Cl)cc1.[Na+]. The molecule has 0 bridgehead atoms. The molecule has 5 nitrogen and oxygen atoms in total. The van der Waals surface area contributed by atoms with E-state index >= 15 is 0 Å². The molecule has 3 aromatic rings. The van der Waals surface area contributed by atoms with Crippen molar-refractivity contribution in [2.45, 2.75) is 122 Å². The van der Waals surface area contributed by atoms with E-state index in [1.165, 1.54) is 63.5 Å². The number of alkyl halides is 1. The van der Waals surface area contributed by atoms with Crippen LogP contribution in [0.15, 0.2) is 71.8 Å². The van der Waals surface area contributed by atoms with Crippen LogP contribution in [-0.2, 0) is 16.4 Å². The van der Waals surface area contributed by atoms with Crippen LogP contribution in [0.3, 0.4) is 0 Å². The summed E-state index contributed by atoms with van der Waals surface area (Å²) in [7, 11) is -3.62. The first kappa shape index (κ1) is 41.5. The first-order chi connectivity index (χ1) is 21.3. The van der Waals surface area contributed by atoms with E-state index < -0.39 is 16.2 Å². The van der Waals surface area contributed by atoms with Crippen LogP contribution in [0.2, 0.25) is 0 Å². The number of pyridine rings is 1. The number of unbranched alkanes of at least 4 members (excludes halogenated alkanes) is 9. The maximum Gasteiger partial charge on any atom is 1.00 e. The molecule has 0 saturated heterocycles. The Morgan fingerprint density at radius 1 is 0.800 bits per heavy atom. The number of rotatable bonds is 20. The van der Waals surface area contributed by atoms with Crippen molar-refractivity contribution >= 4 is 21.8 Å². The Morgan fingerprint density at radius 2 is 1.40 bits per heavy atom. The van der Waals surface area contributed by atoms with Crippen molar-refractivity contribution in [3.05, 3.63) is 82.2 Å². The summed E-state index contributed by atoms with van der Waals surface area (Å²) in [6.45, 7) is 7.09. The molecular formula is C36H51ClFN2NaO3S. The first-order valence-corrected chi connectivity index (χ1v) is 18.0. The summed E-state index contributed by atoms with van der Waals surface area (Å²) < 4.78 is 44.7. The molecule has 0 aliphatic rings. The van der Waals surface area contributed by atoms with E-state index in [0.717, 1.165) is 60.4 Å². The van der Waals surface area contributed by atoms with Gasteiger partial charge in [0.15, 0.2) is 0 Å². The fourth-order valence-electron chi connectivity index (χ4n) is 4.72. The molecular weight excluding hydrogens is 618 g/mol. The second-order valence-corrected chi connectivity index (χ2v) is 13.4. The fourth-order valence-corrected chi connectivity index (χ4v) is 5.52. The molecule has 0 N–H and O–H groups in total. The molecule has 0 aliphatic heterocycles. The van der Waals surface area contributed by atoms with Crippen LogP contribution in [0.25, 0.3) is 15.5 Å². The summed E-state index contributed by atoms with van der Waals surface area (Å²) in [5, 5.41) is 0. The predicted octanol–water partition coefficient (Wildman–Crippen LogP) is 8.33. The van der Waals surface area contributed by atoms with Crippen LogP contribution in [-0.4, -0.2) is 26.2 Å². The monoisotopic (exact) mass is 668 g/mol. The summed E-state index contributed by atoms with van der Waals surface area (Å²) in [5.74, 6) is 0.921. The Morgan fingerprint density at radius 3 is 1.98 bits per heavy atom. The summed E-state index contributed by atoms with van der Waals surface area (Å²) in [6.07, 6.45) is 16.9. The van der Waals surface area contributed by atoms with Crippen molar-refractivity contribution in [1.82, 2.24) is 4.98 Å². The smallest absolute Gasteiger partial charge is 0.494 e. The van der Waals surface area contributed by atoms with Crippen molar-refractivity contribution in [2.75, 3.05) is 6.61 Å². The molecule has 1 atom stereocenters. The number of hydrogen-bond acceptors (Lipinski definition) is 4. The van der Waals surface area contributed by atoms with Crippen LogP contribution in [0.4, 0.5) is 4.39 Å². The summed E-state index contributed by atoms with van der Waals surface area (Å²) in [6, 6.07) is 18.6. The Balaban J connectivity index is 0.000000653. The van der Waals surface area contributed by atoms with Gasteiger partial charge < -0.3 is 8.98 Å². The molecule has 2 aromatic carbocycles. The average molecular weight is 669 g/mol. The van der Waals surface area contributed by atoms with Crippen LogP contribution >= 0.6 is 11.8 Å². The molecule has 0 amide bonds. The molecule has 1 aromatic heterocycles. The summed E-state index contributed by atoms with van der Waals surface area (Å²) in [4.78, 5) is 4.71. The van der Waals surface area contributed by atoms with E-state index in [1.807, 2.05) is 31.3 Å².